The molecule has 0 aliphatic carbocycles. The van der Waals surface area contributed by atoms with Crippen molar-refractivity contribution in [2.24, 2.45) is 0 Å². The van der Waals surface area contributed by atoms with Gasteiger partial charge in [-0.25, -0.2) is 0 Å². The fraction of sp³-hybridized carbons (Fsp3) is 0.0769. The number of anilines is 1. The van der Waals surface area contributed by atoms with E-state index in [9.17, 15) is 0 Å². The number of rotatable bonds is 0. The summed E-state index contributed by atoms with van der Waals surface area (Å²) in [6.45, 7) is 1.83. The highest BCUT2D eigenvalue weighted by Gasteiger charge is 1.92. The zero-order chi connectivity index (χ0) is 11.1. The first kappa shape index (κ1) is 11.1. The number of phenolic OH excluding ortho intramolecular Hbond substituents is 1. The average Bonchev–Trinajstić information content (AvgIpc) is 2.27. The Bertz CT molecular complexity index is 372. The molecule has 15 heavy (non-hydrogen) atoms. The van der Waals surface area contributed by atoms with Gasteiger partial charge in [-0.15, -0.1) is 0 Å². The van der Waals surface area contributed by atoms with Crippen molar-refractivity contribution < 1.29 is 5.11 Å². The van der Waals surface area contributed by atoms with E-state index < -0.39 is 0 Å². The van der Waals surface area contributed by atoms with Crippen LogP contribution in [0.15, 0.2) is 54.6 Å². The second-order valence-corrected chi connectivity index (χ2v) is 3.20. The van der Waals surface area contributed by atoms with E-state index in [1.807, 2.05) is 43.3 Å². The maximum Gasteiger partial charge on any atom is 0.120 e. The van der Waals surface area contributed by atoms with Crippen molar-refractivity contribution in [3.8, 4) is 5.75 Å². The lowest BCUT2D eigenvalue weighted by Gasteiger charge is -1.97. The quantitative estimate of drug-likeness (QED) is 0.644. The third-order valence-electron chi connectivity index (χ3n) is 1.90. The van der Waals surface area contributed by atoms with Crippen molar-refractivity contribution in [3.05, 3.63) is 60.2 Å². The van der Waals surface area contributed by atoms with Gasteiger partial charge in [-0.1, -0.05) is 42.5 Å². The molecule has 2 aromatic rings. The van der Waals surface area contributed by atoms with E-state index in [-0.39, 0.29) is 5.75 Å². The van der Waals surface area contributed by atoms with Gasteiger partial charge in [0.15, 0.2) is 0 Å². The molecule has 78 valence electrons. The van der Waals surface area contributed by atoms with Crippen LogP contribution in [0.5, 0.6) is 5.75 Å². The topological polar surface area (TPSA) is 46.2 Å². The number of aromatic hydroxyl groups is 1. The highest BCUT2D eigenvalue weighted by atomic mass is 16.3. The molecule has 0 atom stereocenters. The van der Waals surface area contributed by atoms with Crippen LogP contribution in [0.25, 0.3) is 0 Å². The van der Waals surface area contributed by atoms with Gasteiger partial charge < -0.3 is 10.8 Å². The minimum Gasteiger partial charge on any atom is -0.508 e. The number of aryl methyl sites for hydroxylation is 1. The van der Waals surface area contributed by atoms with Crippen LogP contribution in [-0.4, -0.2) is 5.11 Å². The van der Waals surface area contributed by atoms with Gasteiger partial charge in [-0.2, -0.15) is 0 Å². The molecule has 0 bridgehead atoms. The summed E-state index contributed by atoms with van der Waals surface area (Å²) in [5, 5.41) is 9.02. The Morgan fingerprint density at radius 1 is 0.933 bits per heavy atom. The number of hydrogen-bond acceptors (Lipinski definition) is 2. The molecule has 0 fully saturated rings. The minimum atomic E-state index is 0.259. The summed E-state index contributed by atoms with van der Waals surface area (Å²) >= 11 is 0. The summed E-state index contributed by atoms with van der Waals surface area (Å²) in [7, 11) is 0. The van der Waals surface area contributed by atoms with Crippen molar-refractivity contribution >= 4 is 5.69 Å². The predicted octanol–water partition coefficient (Wildman–Crippen LogP) is 2.97. The zero-order valence-corrected chi connectivity index (χ0v) is 8.72. The van der Waals surface area contributed by atoms with Crippen LogP contribution in [0, 0.1) is 6.92 Å². The summed E-state index contributed by atoms with van der Waals surface area (Å²) in [6, 6.07) is 17.1. The number of nitrogens with two attached hydrogens (primary N) is 1. The molecule has 2 rings (SSSR count). The van der Waals surface area contributed by atoms with Gasteiger partial charge in [0.25, 0.3) is 0 Å². The third kappa shape index (κ3) is 4.18. The van der Waals surface area contributed by atoms with Gasteiger partial charge in [0, 0.05) is 11.8 Å². The van der Waals surface area contributed by atoms with Crippen LogP contribution in [0.4, 0.5) is 5.69 Å². The normalized spacial score (nSPS) is 8.87. The Balaban J connectivity index is 0.000000162. The molecule has 2 nitrogen and oxygen atoms in total. The van der Waals surface area contributed by atoms with E-state index >= 15 is 0 Å². The van der Waals surface area contributed by atoms with E-state index in [0.29, 0.717) is 5.69 Å². The maximum atomic E-state index is 9.02. The van der Waals surface area contributed by atoms with Crippen molar-refractivity contribution in [1.82, 2.24) is 0 Å². The third-order valence-corrected chi connectivity index (χ3v) is 1.90. The summed E-state index contributed by atoms with van der Waals surface area (Å²) in [6.07, 6.45) is 0. The average molecular weight is 201 g/mol. The van der Waals surface area contributed by atoms with E-state index in [2.05, 4.69) is 0 Å². The molecular formula is C13H15NO. The standard InChI is InChI=1S/C7H9NO.C6H6/c1-5-2-3-6(8)4-7(5)9;1-2-4-6-5-3-1/h2-4,9H,8H2,1H3;1-6H. The van der Waals surface area contributed by atoms with Crippen LogP contribution in [0.1, 0.15) is 5.56 Å². The van der Waals surface area contributed by atoms with Crippen molar-refractivity contribution in [1.29, 1.82) is 0 Å². The van der Waals surface area contributed by atoms with Gasteiger partial charge in [0.05, 0.1) is 0 Å². The van der Waals surface area contributed by atoms with E-state index in [1.54, 1.807) is 12.1 Å². The second-order valence-electron chi connectivity index (χ2n) is 3.20. The first-order chi connectivity index (χ1) is 7.20. The Morgan fingerprint density at radius 2 is 1.40 bits per heavy atom. The molecule has 0 amide bonds. The van der Waals surface area contributed by atoms with Crippen molar-refractivity contribution in [3.63, 3.8) is 0 Å². The fourth-order valence-corrected chi connectivity index (χ4v) is 1.01. The monoisotopic (exact) mass is 201 g/mol. The second kappa shape index (κ2) is 5.70. The minimum absolute atomic E-state index is 0.259. The summed E-state index contributed by atoms with van der Waals surface area (Å²) in [4.78, 5) is 0. The van der Waals surface area contributed by atoms with Crippen LogP contribution < -0.4 is 5.73 Å². The summed E-state index contributed by atoms with van der Waals surface area (Å²) < 4.78 is 0. The highest BCUT2D eigenvalue weighted by molar-refractivity contribution is 5.47. The molecule has 3 N–H and O–H groups in total. The lowest BCUT2D eigenvalue weighted by Crippen LogP contribution is -1.83. The fourth-order valence-electron chi connectivity index (χ4n) is 1.01. The van der Waals surface area contributed by atoms with Gasteiger partial charge in [-0.05, 0) is 18.6 Å². The Labute approximate surface area is 90.0 Å². The molecule has 0 saturated carbocycles. The molecule has 0 saturated heterocycles. The molecule has 0 aromatic heterocycles. The van der Waals surface area contributed by atoms with Crippen molar-refractivity contribution in [2.75, 3.05) is 5.73 Å². The molecule has 0 aliphatic heterocycles. The highest BCUT2D eigenvalue weighted by Crippen LogP contribution is 2.17. The van der Waals surface area contributed by atoms with Gasteiger partial charge in [0.1, 0.15) is 5.75 Å². The van der Waals surface area contributed by atoms with Gasteiger partial charge in [0.2, 0.25) is 0 Å². The first-order valence-corrected chi connectivity index (χ1v) is 4.75. The van der Waals surface area contributed by atoms with Crippen LogP contribution in [-0.2, 0) is 0 Å². The van der Waals surface area contributed by atoms with Crippen LogP contribution in [0.3, 0.4) is 0 Å². The summed E-state index contributed by atoms with van der Waals surface area (Å²) in [5.74, 6) is 0.259. The number of benzene rings is 2. The molecule has 2 heteroatoms. The number of phenols is 1. The number of hydrogen-bond donors (Lipinski definition) is 2. The van der Waals surface area contributed by atoms with Crippen LogP contribution in [0.2, 0.25) is 0 Å². The molecule has 0 unspecified atom stereocenters. The lowest BCUT2D eigenvalue weighted by atomic mass is 10.2. The Morgan fingerprint density at radius 3 is 1.73 bits per heavy atom. The summed E-state index contributed by atoms with van der Waals surface area (Å²) in [5.41, 5.74) is 6.81. The molecule has 2 aromatic carbocycles. The van der Waals surface area contributed by atoms with Crippen molar-refractivity contribution in [2.45, 2.75) is 6.92 Å². The van der Waals surface area contributed by atoms with Gasteiger partial charge >= 0.3 is 0 Å². The smallest absolute Gasteiger partial charge is 0.120 e. The lowest BCUT2D eigenvalue weighted by molar-refractivity contribution is 0.471. The van der Waals surface area contributed by atoms with Crippen LogP contribution >= 0.6 is 0 Å². The first-order valence-electron chi connectivity index (χ1n) is 4.75. The van der Waals surface area contributed by atoms with Gasteiger partial charge in [-0.3, -0.25) is 0 Å². The van der Waals surface area contributed by atoms with E-state index in [4.69, 9.17) is 10.8 Å². The molecule has 0 aliphatic rings. The molecule has 0 spiro atoms. The predicted molar refractivity (Wildman–Crippen MR) is 63.7 cm³/mol. The molecular weight excluding hydrogens is 186 g/mol. The molecule has 0 radical (unpaired) electrons. The number of nitrogen functional groups attached to an aromatic ring is 1. The zero-order valence-electron chi connectivity index (χ0n) is 8.72. The Kier molecular flexibility index (Phi) is 4.23. The van der Waals surface area contributed by atoms with E-state index in [1.165, 1.54) is 6.07 Å². The van der Waals surface area contributed by atoms with E-state index in [0.717, 1.165) is 5.56 Å². The largest absolute Gasteiger partial charge is 0.508 e. The maximum absolute atomic E-state index is 9.02. The Hall–Kier alpha value is -1.96. The molecule has 0 heterocycles. The SMILES string of the molecule is Cc1ccc(N)cc1O.c1ccccc1.